The predicted molar refractivity (Wildman–Crippen MR) is 101 cm³/mol. The lowest BCUT2D eigenvalue weighted by Crippen LogP contribution is -2.31. The van der Waals surface area contributed by atoms with Crippen molar-refractivity contribution in [2.24, 2.45) is 0 Å². The molecule has 0 unspecified atom stereocenters. The number of halogens is 3. The van der Waals surface area contributed by atoms with Crippen LogP contribution in [-0.4, -0.2) is 21.4 Å². The van der Waals surface area contributed by atoms with Crippen LogP contribution in [0.1, 0.15) is 27.9 Å². The fourth-order valence-electron chi connectivity index (χ4n) is 3.47. The van der Waals surface area contributed by atoms with E-state index in [2.05, 4.69) is 33.9 Å². The molecule has 0 N–H and O–H groups in total. The highest BCUT2D eigenvalue weighted by atomic mass is 19.4. The van der Waals surface area contributed by atoms with Gasteiger partial charge in [-0.2, -0.15) is 13.2 Å². The maximum Gasteiger partial charge on any atom is 0.416 e. The summed E-state index contributed by atoms with van der Waals surface area (Å²) in [4.78, 5) is 11.4. The first kappa shape index (κ1) is 18.6. The summed E-state index contributed by atoms with van der Waals surface area (Å²) in [6, 6.07) is 13.3. The third-order valence-corrected chi connectivity index (χ3v) is 5.15. The Hall–Kier alpha value is -2.73. The molecule has 3 aromatic rings. The minimum absolute atomic E-state index is 0.463. The molecule has 144 valence electrons. The van der Waals surface area contributed by atoms with E-state index in [0.29, 0.717) is 17.9 Å². The minimum Gasteiger partial charge on any atom is -0.293 e. The van der Waals surface area contributed by atoms with Gasteiger partial charge in [0.2, 0.25) is 0 Å². The van der Waals surface area contributed by atoms with Gasteiger partial charge in [-0.3, -0.25) is 4.90 Å². The van der Waals surface area contributed by atoms with Crippen LogP contribution in [0.3, 0.4) is 0 Å². The molecule has 2 heterocycles. The summed E-state index contributed by atoms with van der Waals surface area (Å²) in [5, 5.41) is 0. The minimum atomic E-state index is -4.34. The molecule has 1 aliphatic rings. The van der Waals surface area contributed by atoms with Crippen molar-refractivity contribution in [2.45, 2.75) is 32.6 Å². The van der Waals surface area contributed by atoms with Crippen molar-refractivity contribution in [3.63, 3.8) is 0 Å². The van der Waals surface area contributed by atoms with E-state index in [1.165, 1.54) is 23.3 Å². The Bertz CT molecular complexity index is 981. The lowest BCUT2D eigenvalue weighted by atomic mass is 10.0. The molecule has 0 atom stereocenters. The third-order valence-electron chi connectivity index (χ3n) is 5.15. The smallest absolute Gasteiger partial charge is 0.293 e. The highest BCUT2D eigenvalue weighted by molar-refractivity contribution is 5.56. The summed E-state index contributed by atoms with van der Waals surface area (Å²) in [6.07, 6.45) is -1.67. The maximum atomic E-state index is 12.8. The van der Waals surface area contributed by atoms with Gasteiger partial charge in [0.1, 0.15) is 0 Å². The zero-order valence-electron chi connectivity index (χ0n) is 15.5. The number of hydrogen-bond acceptors (Lipinski definition) is 3. The molecule has 1 aliphatic heterocycles. The van der Waals surface area contributed by atoms with Crippen LogP contribution < -0.4 is 0 Å². The largest absolute Gasteiger partial charge is 0.416 e. The Balaban J connectivity index is 1.54. The van der Waals surface area contributed by atoms with Gasteiger partial charge < -0.3 is 0 Å². The van der Waals surface area contributed by atoms with Crippen LogP contribution in [0, 0.1) is 6.92 Å². The Morgan fingerprint density at radius 3 is 2.50 bits per heavy atom. The van der Waals surface area contributed by atoms with Crippen LogP contribution in [0.4, 0.5) is 13.2 Å². The summed E-state index contributed by atoms with van der Waals surface area (Å²) >= 11 is 0. The SMILES string of the molecule is Cc1ccccc1CN1CCc2cnc(-c3ccc(C(F)(F)F)cc3)nc2C1. The van der Waals surface area contributed by atoms with Gasteiger partial charge in [0.25, 0.3) is 0 Å². The second-order valence-corrected chi connectivity index (χ2v) is 7.13. The highest BCUT2D eigenvalue weighted by Crippen LogP contribution is 2.30. The summed E-state index contributed by atoms with van der Waals surface area (Å²) in [5.41, 5.74) is 4.54. The molecule has 0 aliphatic carbocycles. The van der Waals surface area contributed by atoms with Crippen LogP contribution in [0.5, 0.6) is 0 Å². The van der Waals surface area contributed by atoms with Crippen LogP contribution >= 0.6 is 0 Å². The second-order valence-electron chi connectivity index (χ2n) is 7.13. The van der Waals surface area contributed by atoms with Crippen molar-refractivity contribution in [2.75, 3.05) is 6.54 Å². The monoisotopic (exact) mass is 383 g/mol. The number of hydrogen-bond donors (Lipinski definition) is 0. The van der Waals surface area contributed by atoms with E-state index in [9.17, 15) is 13.2 Å². The molecule has 3 nitrogen and oxygen atoms in total. The third kappa shape index (κ3) is 3.92. The van der Waals surface area contributed by atoms with Gasteiger partial charge in [0, 0.05) is 31.4 Å². The van der Waals surface area contributed by atoms with Crippen LogP contribution in [-0.2, 0) is 25.7 Å². The van der Waals surface area contributed by atoms with E-state index in [1.54, 1.807) is 6.20 Å². The topological polar surface area (TPSA) is 29.0 Å². The molecular formula is C22H20F3N3. The number of aryl methyl sites for hydroxylation is 1. The number of alkyl halides is 3. The first-order chi connectivity index (χ1) is 13.4. The first-order valence-electron chi connectivity index (χ1n) is 9.19. The molecule has 0 saturated carbocycles. The quantitative estimate of drug-likeness (QED) is 0.635. The normalized spacial score (nSPS) is 14.7. The summed E-state index contributed by atoms with van der Waals surface area (Å²) < 4.78 is 38.3. The van der Waals surface area contributed by atoms with Crippen molar-refractivity contribution in [1.29, 1.82) is 0 Å². The average Bonchev–Trinajstić information content (AvgIpc) is 2.69. The molecule has 6 heteroatoms. The van der Waals surface area contributed by atoms with Crippen molar-refractivity contribution < 1.29 is 13.2 Å². The number of benzene rings is 2. The van der Waals surface area contributed by atoms with E-state index >= 15 is 0 Å². The highest BCUT2D eigenvalue weighted by Gasteiger charge is 2.30. The van der Waals surface area contributed by atoms with Gasteiger partial charge in [-0.1, -0.05) is 36.4 Å². The lowest BCUT2D eigenvalue weighted by molar-refractivity contribution is -0.137. The Morgan fingerprint density at radius 2 is 1.79 bits per heavy atom. The van der Waals surface area contributed by atoms with Gasteiger partial charge in [-0.15, -0.1) is 0 Å². The van der Waals surface area contributed by atoms with E-state index in [0.717, 1.165) is 42.9 Å². The molecule has 28 heavy (non-hydrogen) atoms. The number of aromatic nitrogens is 2. The molecule has 0 amide bonds. The van der Waals surface area contributed by atoms with Gasteiger partial charge in [0.15, 0.2) is 5.82 Å². The second kappa shape index (κ2) is 7.36. The van der Waals surface area contributed by atoms with E-state index in [-0.39, 0.29) is 0 Å². The maximum absolute atomic E-state index is 12.8. The molecule has 1 aromatic heterocycles. The van der Waals surface area contributed by atoms with Crippen molar-refractivity contribution >= 4 is 0 Å². The van der Waals surface area contributed by atoms with Crippen molar-refractivity contribution in [3.05, 3.63) is 82.7 Å². The number of rotatable bonds is 3. The fraction of sp³-hybridized carbons (Fsp3) is 0.273. The predicted octanol–water partition coefficient (Wildman–Crippen LogP) is 5.03. The lowest BCUT2D eigenvalue weighted by Gasteiger charge is -2.28. The van der Waals surface area contributed by atoms with E-state index in [1.807, 2.05) is 12.1 Å². The standard InChI is InChI=1S/C22H20F3N3/c1-15-4-2-3-5-18(15)13-28-11-10-17-12-26-21(27-20(17)14-28)16-6-8-19(9-7-16)22(23,24)25/h2-9,12H,10-11,13-14H2,1H3. The molecule has 0 spiro atoms. The zero-order chi connectivity index (χ0) is 19.7. The van der Waals surface area contributed by atoms with Gasteiger partial charge in [-0.05, 0) is 42.2 Å². The summed E-state index contributed by atoms with van der Waals surface area (Å²) in [6.45, 7) is 4.61. The molecule has 4 rings (SSSR count). The Kier molecular flexibility index (Phi) is 4.89. The van der Waals surface area contributed by atoms with Crippen LogP contribution in [0.15, 0.2) is 54.7 Å². The fourth-order valence-corrected chi connectivity index (χ4v) is 3.47. The summed E-state index contributed by atoms with van der Waals surface area (Å²) in [5.74, 6) is 0.463. The first-order valence-corrected chi connectivity index (χ1v) is 9.19. The van der Waals surface area contributed by atoms with Gasteiger partial charge in [-0.25, -0.2) is 9.97 Å². The molecule has 0 bridgehead atoms. The Labute approximate surface area is 161 Å². The van der Waals surface area contributed by atoms with Crippen molar-refractivity contribution in [1.82, 2.24) is 14.9 Å². The van der Waals surface area contributed by atoms with E-state index < -0.39 is 11.7 Å². The molecular weight excluding hydrogens is 363 g/mol. The molecule has 0 radical (unpaired) electrons. The van der Waals surface area contributed by atoms with Gasteiger partial charge >= 0.3 is 6.18 Å². The number of nitrogens with zero attached hydrogens (tertiary/aromatic N) is 3. The molecule has 0 fully saturated rings. The van der Waals surface area contributed by atoms with Crippen molar-refractivity contribution in [3.8, 4) is 11.4 Å². The zero-order valence-corrected chi connectivity index (χ0v) is 15.5. The summed E-state index contributed by atoms with van der Waals surface area (Å²) in [7, 11) is 0. The van der Waals surface area contributed by atoms with Crippen LogP contribution in [0.2, 0.25) is 0 Å². The van der Waals surface area contributed by atoms with E-state index in [4.69, 9.17) is 0 Å². The molecule has 2 aromatic carbocycles. The van der Waals surface area contributed by atoms with Crippen LogP contribution in [0.25, 0.3) is 11.4 Å². The number of fused-ring (bicyclic) bond motifs is 1. The average molecular weight is 383 g/mol. The Morgan fingerprint density at radius 1 is 1.04 bits per heavy atom. The molecule has 0 saturated heterocycles. The van der Waals surface area contributed by atoms with Gasteiger partial charge in [0.05, 0.1) is 11.3 Å².